The number of aromatic nitrogens is 2. The van der Waals surface area contributed by atoms with Crippen molar-refractivity contribution in [1.29, 1.82) is 0 Å². The molecule has 1 saturated carbocycles. The van der Waals surface area contributed by atoms with Crippen LogP contribution in [0.1, 0.15) is 44.8 Å². The van der Waals surface area contributed by atoms with Crippen LogP contribution in [0.25, 0.3) is 0 Å². The van der Waals surface area contributed by atoms with E-state index in [1.165, 1.54) is 11.3 Å². The van der Waals surface area contributed by atoms with Crippen molar-refractivity contribution in [2.75, 3.05) is 7.11 Å². The first-order valence-electron chi connectivity index (χ1n) is 7.90. The molecule has 6 nitrogen and oxygen atoms in total. The predicted molar refractivity (Wildman–Crippen MR) is 91.3 cm³/mol. The number of pyridine rings is 1. The molecule has 0 saturated heterocycles. The number of aliphatic hydroxyl groups is 1. The van der Waals surface area contributed by atoms with Gasteiger partial charge in [0.05, 0.1) is 30.0 Å². The average Bonchev–Trinajstić information content (AvgIpc) is 2.88. The van der Waals surface area contributed by atoms with Gasteiger partial charge in [0.1, 0.15) is 4.88 Å². The lowest BCUT2D eigenvalue weighted by Crippen LogP contribution is -2.41. The van der Waals surface area contributed by atoms with Gasteiger partial charge in [-0.05, 0) is 38.2 Å². The van der Waals surface area contributed by atoms with E-state index in [9.17, 15) is 9.90 Å². The number of aryl methyl sites for hydroxylation is 2. The molecule has 1 amide bonds. The number of nitrogens with one attached hydrogen (secondary N) is 1. The van der Waals surface area contributed by atoms with Crippen molar-refractivity contribution in [2.24, 2.45) is 5.92 Å². The molecule has 7 heteroatoms. The molecule has 1 aliphatic carbocycles. The summed E-state index contributed by atoms with van der Waals surface area (Å²) in [5.41, 5.74) is 1.66. The summed E-state index contributed by atoms with van der Waals surface area (Å²) in [4.78, 5) is 21.8. The van der Waals surface area contributed by atoms with E-state index >= 15 is 0 Å². The van der Waals surface area contributed by atoms with Crippen molar-refractivity contribution >= 4 is 17.2 Å². The topological polar surface area (TPSA) is 84.3 Å². The molecule has 0 spiro atoms. The number of methoxy groups -OCH3 is 1. The summed E-state index contributed by atoms with van der Waals surface area (Å²) in [6.45, 7) is 3.73. The Balaban J connectivity index is 1.82. The first-order chi connectivity index (χ1) is 11.5. The minimum absolute atomic E-state index is 0.125. The van der Waals surface area contributed by atoms with Crippen LogP contribution in [0.15, 0.2) is 18.3 Å². The van der Waals surface area contributed by atoms with E-state index in [-0.39, 0.29) is 24.0 Å². The van der Waals surface area contributed by atoms with E-state index in [0.717, 1.165) is 16.3 Å². The lowest BCUT2D eigenvalue weighted by Gasteiger charge is -2.38. The molecule has 1 aliphatic rings. The normalized spacial score (nSPS) is 21.0. The Bertz CT molecular complexity index is 723. The van der Waals surface area contributed by atoms with Crippen LogP contribution in [0, 0.1) is 19.8 Å². The van der Waals surface area contributed by atoms with Crippen molar-refractivity contribution in [3.05, 3.63) is 39.5 Å². The predicted octanol–water partition coefficient (Wildman–Crippen LogP) is 2.41. The monoisotopic (exact) mass is 347 g/mol. The molecule has 0 bridgehead atoms. The Hall–Kier alpha value is -1.99. The lowest BCUT2D eigenvalue weighted by molar-refractivity contribution is 0.0235. The zero-order valence-corrected chi connectivity index (χ0v) is 14.8. The Morgan fingerprint density at radius 3 is 2.67 bits per heavy atom. The fourth-order valence-electron chi connectivity index (χ4n) is 3.02. The molecule has 2 N–H and O–H groups in total. The van der Waals surface area contributed by atoms with Crippen molar-refractivity contribution in [1.82, 2.24) is 15.3 Å². The number of hydrogen-bond acceptors (Lipinski definition) is 6. The SMILES string of the molecule is COc1ccc(C(NC(=O)c2sc(C)nc2C)C2CC(O)C2)cn1. The van der Waals surface area contributed by atoms with Crippen LogP contribution >= 0.6 is 11.3 Å². The van der Waals surface area contributed by atoms with Crippen LogP contribution in [0.4, 0.5) is 0 Å². The van der Waals surface area contributed by atoms with Crippen molar-refractivity contribution in [2.45, 2.75) is 38.8 Å². The second-order valence-electron chi connectivity index (χ2n) is 6.12. The van der Waals surface area contributed by atoms with Crippen LogP contribution in [0.2, 0.25) is 0 Å². The van der Waals surface area contributed by atoms with E-state index < -0.39 is 0 Å². The van der Waals surface area contributed by atoms with Crippen LogP contribution in [-0.2, 0) is 0 Å². The van der Waals surface area contributed by atoms with Crippen LogP contribution < -0.4 is 10.1 Å². The second kappa shape index (κ2) is 6.86. The number of thiazole rings is 1. The van der Waals surface area contributed by atoms with Crippen LogP contribution in [0.3, 0.4) is 0 Å². The Morgan fingerprint density at radius 1 is 1.42 bits per heavy atom. The Kier molecular flexibility index (Phi) is 4.82. The van der Waals surface area contributed by atoms with Crippen molar-refractivity contribution in [3.63, 3.8) is 0 Å². The number of amides is 1. The Labute approximate surface area is 144 Å². The number of nitrogens with zero attached hydrogens (tertiary/aromatic N) is 2. The summed E-state index contributed by atoms with van der Waals surface area (Å²) in [5, 5.41) is 13.6. The van der Waals surface area contributed by atoms with Gasteiger partial charge in [0.2, 0.25) is 5.88 Å². The van der Waals surface area contributed by atoms with Crippen LogP contribution in [0.5, 0.6) is 5.88 Å². The molecular formula is C17H21N3O3S. The van der Waals surface area contributed by atoms with Gasteiger partial charge in [-0.15, -0.1) is 11.3 Å². The van der Waals surface area contributed by atoms with E-state index in [2.05, 4.69) is 15.3 Å². The first kappa shape index (κ1) is 16.9. The largest absolute Gasteiger partial charge is 0.481 e. The molecule has 2 aromatic heterocycles. The summed E-state index contributed by atoms with van der Waals surface area (Å²) in [6.07, 6.45) is 2.79. The molecule has 128 valence electrons. The first-order valence-corrected chi connectivity index (χ1v) is 8.72. The zero-order valence-electron chi connectivity index (χ0n) is 13.9. The smallest absolute Gasteiger partial charge is 0.263 e. The highest BCUT2D eigenvalue weighted by molar-refractivity contribution is 7.13. The zero-order chi connectivity index (χ0) is 17.3. The highest BCUT2D eigenvalue weighted by Gasteiger charge is 2.36. The quantitative estimate of drug-likeness (QED) is 0.868. The maximum Gasteiger partial charge on any atom is 0.263 e. The Morgan fingerprint density at radius 2 is 2.17 bits per heavy atom. The van der Waals surface area contributed by atoms with Gasteiger partial charge in [-0.2, -0.15) is 0 Å². The van der Waals surface area contributed by atoms with Gasteiger partial charge in [0.25, 0.3) is 5.91 Å². The van der Waals surface area contributed by atoms with Gasteiger partial charge < -0.3 is 15.2 Å². The van der Waals surface area contributed by atoms with Gasteiger partial charge >= 0.3 is 0 Å². The van der Waals surface area contributed by atoms with E-state index in [4.69, 9.17) is 4.74 Å². The highest BCUT2D eigenvalue weighted by Crippen LogP contribution is 2.38. The second-order valence-corrected chi connectivity index (χ2v) is 7.32. The minimum Gasteiger partial charge on any atom is -0.481 e. The van der Waals surface area contributed by atoms with Gasteiger partial charge in [-0.3, -0.25) is 4.79 Å². The molecule has 1 atom stereocenters. The molecule has 0 aliphatic heterocycles. The number of rotatable bonds is 5. The summed E-state index contributed by atoms with van der Waals surface area (Å²) in [7, 11) is 1.57. The molecule has 0 radical (unpaired) electrons. The fraction of sp³-hybridized carbons (Fsp3) is 0.471. The van der Waals surface area contributed by atoms with Crippen LogP contribution in [-0.4, -0.2) is 34.2 Å². The number of carbonyl (C=O) groups is 1. The van der Waals surface area contributed by atoms with E-state index in [0.29, 0.717) is 23.6 Å². The standard InChI is InChI=1S/C17H21N3O3S/c1-9-16(24-10(2)19-9)17(22)20-15(12-6-13(21)7-12)11-4-5-14(23-3)18-8-11/h4-5,8,12-13,15,21H,6-7H2,1-3H3,(H,20,22). The lowest BCUT2D eigenvalue weighted by atomic mass is 9.75. The number of aliphatic hydroxyl groups excluding tert-OH is 1. The molecule has 0 aromatic carbocycles. The summed E-state index contributed by atoms with van der Waals surface area (Å²) in [6, 6.07) is 3.51. The third-order valence-corrected chi connectivity index (χ3v) is 5.42. The maximum atomic E-state index is 12.7. The summed E-state index contributed by atoms with van der Waals surface area (Å²) in [5.74, 6) is 0.611. The summed E-state index contributed by atoms with van der Waals surface area (Å²) < 4.78 is 5.09. The van der Waals surface area contributed by atoms with E-state index in [1.54, 1.807) is 19.4 Å². The van der Waals surface area contributed by atoms with Gasteiger partial charge in [-0.25, -0.2) is 9.97 Å². The van der Waals surface area contributed by atoms with Gasteiger partial charge in [0, 0.05) is 12.3 Å². The molecule has 3 rings (SSSR count). The van der Waals surface area contributed by atoms with E-state index in [1.807, 2.05) is 19.9 Å². The minimum atomic E-state index is -0.284. The third-order valence-electron chi connectivity index (χ3n) is 4.34. The molecule has 1 unspecified atom stereocenters. The molecule has 2 aromatic rings. The number of hydrogen-bond donors (Lipinski definition) is 2. The van der Waals surface area contributed by atoms with Crippen molar-refractivity contribution in [3.8, 4) is 5.88 Å². The fourth-order valence-corrected chi connectivity index (χ4v) is 3.84. The molecule has 2 heterocycles. The molecule has 1 fully saturated rings. The van der Waals surface area contributed by atoms with Gasteiger partial charge in [-0.1, -0.05) is 6.07 Å². The maximum absolute atomic E-state index is 12.7. The molecular weight excluding hydrogens is 326 g/mol. The molecule has 24 heavy (non-hydrogen) atoms. The average molecular weight is 347 g/mol. The third kappa shape index (κ3) is 3.42. The summed E-state index contributed by atoms with van der Waals surface area (Å²) >= 11 is 1.40. The van der Waals surface area contributed by atoms with Gasteiger partial charge in [0.15, 0.2) is 0 Å². The number of carbonyl (C=O) groups excluding carboxylic acids is 1. The van der Waals surface area contributed by atoms with Crippen molar-refractivity contribution < 1.29 is 14.6 Å². The number of ether oxygens (including phenoxy) is 1. The highest BCUT2D eigenvalue weighted by atomic mass is 32.1.